The Morgan fingerprint density at radius 1 is 1.29 bits per heavy atom. The molecule has 0 amide bonds. The zero-order chi connectivity index (χ0) is 15.7. The smallest absolute Gasteiger partial charge is 0.235 e. The van der Waals surface area contributed by atoms with E-state index in [1.807, 2.05) is 12.1 Å². The third kappa shape index (κ3) is 2.81. The van der Waals surface area contributed by atoms with Crippen molar-refractivity contribution in [2.45, 2.75) is 57.4 Å². The van der Waals surface area contributed by atoms with E-state index in [2.05, 4.69) is 25.8 Å². The Balaban J connectivity index is 2.69. The average Bonchev–Trinajstić information content (AvgIpc) is 2.87. The van der Waals surface area contributed by atoms with Gasteiger partial charge in [0.05, 0.1) is 7.11 Å². The number of benzene rings is 1. The highest BCUT2D eigenvalue weighted by Crippen LogP contribution is 2.49. The molecule has 0 radical (unpaired) electrons. The maximum atomic E-state index is 10.9. The number of nitrogens with zero attached hydrogens (tertiary/aromatic N) is 1. The fraction of sp³-hybridized carbons (Fsp3) is 0.588. The van der Waals surface area contributed by atoms with E-state index in [0.29, 0.717) is 11.3 Å². The number of ether oxygens (including phenoxy) is 1. The van der Waals surface area contributed by atoms with E-state index in [1.54, 1.807) is 6.08 Å². The minimum Gasteiger partial charge on any atom is -0.504 e. The Morgan fingerprint density at radius 2 is 1.90 bits per heavy atom. The molecule has 0 heterocycles. The molecule has 1 aromatic carbocycles. The summed E-state index contributed by atoms with van der Waals surface area (Å²) in [6.07, 6.45) is 5.19. The van der Waals surface area contributed by atoms with Crippen molar-refractivity contribution in [2.24, 2.45) is 4.99 Å². The van der Waals surface area contributed by atoms with Gasteiger partial charge in [0.15, 0.2) is 11.5 Å². The molecule has 0 aromatic heterocycles. The van der Waals surface area contributed by atoms with Crippen molar-refractivity contribution in [2.75, 3.05) is 7.11 Å². The summed E-state index contributed by atoms with van der Waals surface area (Å²) in [5.41, 5.74) is 1.01. The van der Waals surface area contributed by atoms with Crippen molar-refractivity contribution in [3.8, 4) is 11.5 Å². The number of phenols is 1. The second kappa shape index (κ2) is 5.53. The number of rotatable bonds is 3. The van der Waals surface area contributed by atoms with E-state index in [4.69, 9.17) is 4.74 Å². The highest BCUT2D eigenvalue weighted by atomic mass is 16.5. The Kier molecular flexibility index (Phi) is 4.11. The molecule has 1 aliphatic rings. The van der Waals surface area contributed by atoms with Gasteiger partial charge in [0.1, 0.15) is 5.54 Å². The van der Waals surface area contributed by atoms with Gasteiger partial charge in [0.2, 0.25) is 6.08 Å². The van der Waals surface area contributed by atoms with Gasteiger partial charge in [-0.1, -0.05) is 33.6 Å². The molecule has 0 aliphatic heterocycles. The third-order valence-corrected chi connectivity index (χ3v) is 4.35. The molecular weight excluding hydrogens is 266 g/mol. The van der Waals surface area contributed by atoms with Crippen LogP contribution in [0.2, 0.25) is 0 Å². The highest BCUT2D eigenvalue weighted by Gasteiger charge is 2.39. The molecule has 4 heteroatoms. The van der Waals surface area contributed by atoms with Gasteiger partial charge >= 0.3 is 0 Å². The van der Waals surface area contributed by atoms with E-state index in [-0.39, 0.29) is 11.2 Å². The van der Waals surface area contributed by atoms with Crippen LogP contribution in [0.4, 0.5) is 0 Å². The van der Waals surface area contributed by atoms with Crippen LogP contribution in [0.3, 0.4) is 0 Å². The molecule has 0 saturated heterocycles. The van der Waals surface area contributed by atoms with Crippen molar-refractivity contribution >= 4 is 6.08 Å². The Labute approximate surface area is 125 Å². The van der Waals surface area contributed by atoms with E-state index in [1.165, 1.54) is 7.11 Å². The van der Waals surface area contributed by atoms with Crippen molar-refractivity contribution in [1.82, 2.24) is 0 Å². The number of methoxy groups -OCH3 is 1. The highest BCUT2D eigenvalue weighted by molar-refractivity contribution is 5.54. The zero-order valence-corrected chi connectivity index (χ0v) is 13.2. The minimum absolute atomic E-state index is 0.0829. The first-order chi connectivity index (χ1) is 9.84. The molecule has 1 fully saturated rings. The van der Waals surface area contributed by atoms with Crippen LogP contribution < -0.4 is 4.74 Å². The molecule has 1 aliphatic carbocycles. The summed E-state index contributed by atoms with van der Waals surface area (Å²) in [6, 6.07) is 3.82. The quantitative estimate of drug-likeness (QED) is 0.680. The normalized spacial score (nSPS) is 17.3. The molecule has 1 saturated carbocycles. The van der Waals surface area contributed by atoms with Crippen LogP contribution in [0, 0.1) is 0 Å². The molecule has 21 heavy (non-hydrogen) atoms. The summed E-state index contributed by atoms with van der Waals surface area (Å²) in [6.45, 7) is 6.31. The second-order valence-electron chi connectivity index (χ2n) is 6.77. The van der Waals surface area contributed by atoms with Crippen LogP contribution in [-0.4, -0.2) is 18.3 Å². The molecule has 4 nitrogen and oxygen atoms in total. The predicted octanol–water partition coefficient (Wildman–Crippen LogP) is 3.80. The van der Waals surface area contributed by atoms with Gasteiger partial charge < -0.3 is 9.84 Å². The van der Waals surface area contributed by atoms with Crippen LogP contribution in [-0.2, 0) is 15.7 Å². The molecular formula is C17H23NO3. The van der Waals surface area contributed by atoms with Gasteiger partial charge in [-0.2, -0.15) is 4.99 Å². The molecule has 1 N–H and O–H groups in total. The first kappa shape index (κ1) is 15.6. The van der Waals surface area contributed by atoms with Crippen LogP contribution in [0.15, 0.2) is 17.1 Å². The number of aromatic hydroxyl groups is 1. The van der Waals surface area contributed by atoms with Crippen molar-refractivity contribution in [3.05, 3.63) is 23.3 Å². The van der Waals surface area contributed by atoms with E-state index < -0.39 is 5.54 Å². The number of isocyanates is 1. The third-order valence-electron chi connectivity index (χ3n) is 4.35. The lowest BCUT2D eigenvalue weighted by atomic mass is 9.81. The lowest BCUT2D eigenvalue weighted by Crippen LogP contribution is -2.21. The maximum absolute atomic E-state index is 10.9. The van der Waals surface area contributed by atoms with Gasteiger partial charge in [-0.05, 0) is 36.0 Å². The maximum Gasteiger partial charge on any atom is 0.235 e. The molecule has 0 unspecified atom stereocenters. The first-order valence-electron chi connectivity index (χ1n) is 7.35. The molecule has 114 valence electrons. The van der Waals surface area contributed by atoms with Crippen LogP contribution in [0.1, 0.15) is 57.6 Å². The summed E-state index contributed by atoms with van der Waals surface area (Å²) in [5.74, 6) is 0.524. The summed E-state index contributed by atoms with van der Waals surface area (Å²) in [4.78, 5) is 14.9. The fourth-order valence-corrected chi connectivity index (χ4v) is 3.04. The van der Waals surface area contributed by atoms with Gasteiger partial charge in [-0.25, -0.2) is 4.79 Å². The number of hydrogen-bond acceptors (Lipinski definition) is 4. The lowest BCUT2D eigenvalue weighted by Gasteiger charge is -2.28. The Hall–Kier alpha value is -1.80. The van der Waals surface area contributed by atoms with E-state index in [9.17, 15) is 9.90 Å². The molecule has 0 atom stereocenters. The largest absolute Gasteiger partial charge is 0.504 e. The lowest BCUT2D eigenvalue weighted by molar-refractivity contribution is 0.353. The summed E-state index contributed by atoms with van der Waals surface area (Å²) >= 11 is 0. The standard InChI is InChI=1S/C17H23NO3/c1-16(2,3)12-9-13(15(20)14(10-12)21-4)17(18-11-19)7-5-6-8-17/h9-10,20H,5-8H2,1-4H3. The van der Waals surface area contributed by atoms with Gasteiger partial charge in [-0.3, -0.25) is 0 Å². The molecule has 2 rings (SSSR count). The average molecular weight is 289 g/mol. The van der Waals surface area contributed by atoms with Crippen molar-refractivity contribution in [3.63, 3.8) is 0 Å². The van der Waals surface area contributed by atoms with Crippen LogP contribution >= 0.6 is 0 Å². The van der Waals surface area contributed by atoms with Gasteiger partial charge in [0.25, 0.3) is 0 Å². The first-order valence-corrected chi connectivity index (χ1v) is 7.35. The van der Waals surface area contributed by atoms with E-state index in [0.717, 1.165) is 31.2 Å². The minimum atomic E-state index is -0.652. The van der Waals surface area contributed by atoms with Crippen molar-refractivity contribution in [1.29, 1.82) is 0 Å². The predicted molar refractivity (Wildman–Crippen MR) is 81.6 cm³/mol. The van der Waals surface area contributed by atoms with Crippen LogP contribution in [0.25, 0.3) is 0 Å². The zero-order valence-electron chi connectivity index (χ0n) is 13.2. The number of carbonyl (C=O) groups excluding carboxylic acids is 1. The SMILES string of the molecule is COc1cc(C(C)(C)C)cc(C2(N=C=O)CCCC2)c1O. The van der Waals surface area contributed by atoms with Gasteiger partial charge in [-0.15, -0.1) is 0 Å². The Morgan fingerprint density at radius 3 is 2.38 bits per heavy atom. The second-order valence-corrected chi connectivity index (χ2v) is 6.77. The van der Waals surface area contributed by atoms with Gasteiger partial charge in [0, 0.05) is 5.56 Å². The fourth-order valence-electron chi connectivity index (χ4n) is 3.04. The molecule has 0 spiro atoms. The summed E-state index contributed by atoms with van der Waals surface area (Å²) < 4.78 is 5.31. The molecule has 0 bridgehead atoms. The van der Waals surface area contributed by atoms with Crippen molar-refractivity contribution < 1.29 is 14.6 Å². The molecule has 1 aromatic rings. The monoisotopic (exact) mass is 289 g/mol. The number of aliphatic imine (C=N–C) groups is 1. The topological polar surface area (TPSA) is 58.9 Å². The Bertz CT molecular complexity index is 574. The number of phenolic OH excluding ortho intramolecular Hbond substituents is 1. The summed E-state index contributed by atoms with van der Waals surface area (Å²) in [7, 11) is 1.54. The number of hydrogen-bond donors (Lipinski definition) is 1. The van der Waals surface area contributed by atoms with E-state index >= 15 is 0 Å². The van der Waals surface area contributed by atoms with Crippen LogP contribution in [0.5, 0.6) is 11.5 Å². The summed E-state index contributed by atoms with van der Waals surface area (Å²) in [5, 5.41) is 10.5.